The SMILES string of the molecule is CCNCc1cc(N(CC)C(C)CC)ccn1. The van der Waals surface area contributed by atoms with E-state index in [4.69, 9.17) is 0 Å². The van der Waals surface area contributed by atoms with E-state index in [1.54, 1.807) is 0 Å². The molecular formula is C14H25N3. The van der Waals surface area contributed by atoms with Crippen LogP contribution in [0.5, 0.6) is 0 Å². The number of pyridine rings is 1. The Balaban J connectivity index is 2.81. The predicted molar refractivity (Wildman–Crippen MR) is 74.4 cm³/mol. The summed E-state index contributed by atoms with van der Waals surface area (Å²) in [4.78, 5) is 6.82. The van der Waals surface area contributed by atoms with Crippen LogP contribution in [0.1, 0.15) is 39.8 Å². The number of nitrogens with one attached hydrogen (secondary N) is 1. The number of nitrogens with zero attached hydrogens (tertiary/aromatic N) is 2. The fourth-order valence-corrected chi connectivity index (χ4v) is 1.96. The van der Waals surface area contributed by atoms with Gasteiger partial charge in [0.25, 0.3) is 0 Å². The van der Waals surface area contributed by atoms with Gasteiger partial charge in [-0.3, -0.25) is 4.98 Å². The standard InChI is InChI=1S/C14H25N3/c1-5-12(4)17(7-3)14-8-9-16-13(10-14)11-15-6-2/h8-10,12,15H,5-7,11H2,1-4H3. The highest BCUT2D eigenvalue weighted by Crippen LogP contribution is 2.18. The minimum atomic E-state index is 0.578. The molecule has 17 heavy (non-hydrogen) atoms. The van der Waals surface area contributed by atoms with Gasteiger partial charge in [-0.15, -0.1) is 0 Å². The quantitative estimate of drug-likeness (QED) is 0.787. The first-order valence-corrected chi connectivity index (χ1v) is 6.65. The number of hydrogen-bond donors (Lipinski definition) is 1. The molecule has 0 bridgehead atoms. The van der Waals surface area contributed by atoms with Crippen molar-refractivity contribution >= 4 is 5.69 Å². The van der Waals surface area contributed by atoms with Gasteiger partial charge < -0.3 is 10.2 Å². The normalized spacial score (nSPS) is 12.5. The monoisotopic (exact) mass is 235 g/mol. The van der Waals surface area contributed by atoms with Crippen LogP contribution in [-0.4, -0.2) is 24.1 Å². The summed E-state index contributed by atoms with van der Waals surface area (Å²) < 4.78 is 0. The minimum absolute atomic E-state index is 0.578. The molecule has 1 aromatic heterocycles. The lowest BCUT2D eigenvalue weighted by Crippen LogP contribution is -2.32. The van der Waals surface area contributed by atoms with E-state index in [2.05, 4.69) is 55.0 Å². The van der Waals surface area contributed by atoms with Gasteiger partial charge in [0, 0.05) is 31.0 Å². The first kappa shape index (κ1) is 14.0. The van der Waals surface area contributed by atoms with Crippen molar-refractivity contribution in [3.63, 3.8) is 0 Å². The van der Waals surface area contributed by atoms with Crippen LogP contribution in [0.4, 0.5) is 5.69 Å². The molecule has 0 saturated heterocycles. The van der Waals surface area contributed by atoms with Gasteiger partial charge in [-0.2, -0.15) is 0 Å². The third-order valence-corrected chi connectivity index (χ3v) is 3.15. The zero-order valence-electron chi connectivity index (χ0n) is 11.5. The van der Waals surface area contributed by atoms with Crippen molar-refractivity contribution in [1.29, 1.82) is 0 Å². The molecule has 1 heterocycles. The lowest BCUT2D eigenvalue weighted by atomic mass is 10.2. The van der Waals surface area contributed by atoms with E-state index in [0.29, 0.717) is 6.04 Å². The average Bonchev–Trinajstić information content (AvgIpc) is 2.37. The molecular weight excluding hydrogens is 210 g/mol. The molecule has 1 rings (SSSR count). The third-order valence-electron chi connectivity index (χ3n) is 3.15. The van der Waals surface area contributed by atoms with Crippen LogP contribution in [0.2, 0.25) is 0 Å². The third kappa shape index (κ3) is 4.00. The largest absolute Gasteiger partial charge is 0.369 e. The molecule has 1 unspecified atom stereocenters. The van der Waals surface area contributed by atoms with Crippen molar-refractivity contribution in [1.82, 2.24) is 10.3 Å². The van der Waals surface area contributed by atoms with Crippen LogP contribution in [0.3, 0.4) is 0 Å². The lowest BCUT2D eigenvalue weighted by molar-refractivity contribution is 0.628. The summed E-state index contributed by atoms with van der Waals surface area (Å²) in [5.41, 5.74) is 2.40. The van der Waals surface area contributed by atoms with Crippen LogP contribution < -0.4 is 10.2 Å². The maximum atomic E-state index is 4.39. The molecule has 0 amide bonds. The van der Waals surface area contributed by atoms with Gasteiger partial charge in [0.2, 0.25) is 0 Å². The van der Waals surface area contributed by atoms with E-state index in [-0.39, 0.29) is 0 Å². The Labute approximate surface area is 105 Å². The Bertz CT molecular complexity index is 325. The highest BCUT2D eigenvalue weighted by Gasteiger charge is 2.11. The second-order valence-electron chi connectivity index (χ2n) is 4.33. The molecule has 1 atom stereocenters. The molecule has 0 aliphatic rings. The Morgan fingerprint density at radius 2 is 2.12 bits per heavy atom. The smallest absolute Gasteiger partial charge is 0.0562 e. The molecule has 0 saturated carbocycles. The molecule has 0 radical (unpaired) electrons. The number of hydrogen-bond acceptors (Lipinski definition) is 3. The summed E-state index contributed by atoms with van der Waals surface area (Å²) in [7, 11) is 0. The summed E-state index contributed by atoms with van der Waals surface area (Å²) in [6, 6.07) is 4.87. The van der Waals surface area contributed by atoms with E-state index >= 15 is 0 Å². The fourth-order valence-electron chi connectivity index (χ4n) is 1.96. The van der Waals surface area contributed by atoms with E-state index in [1.807, 2.05) is 6.20 Å². The number of aromatic nitrogens is 1. The molecule has 0 aliphatic carbocycles. The second kappa shape index (κ2) is 7.28. The Morgan fingerprint density at radius 1 is 1.35 bits per heavy atom. The van der Waals surface area contributed by atoms with Gasteiger partial charge >= 0.3 is 0 Å². The summed E-state index contributed by atoms with van der Waals surface area (Å²) in [6.07, 6.45) is 3.08. The second-order valence-corrected chi connectivity index (χ2v) is 4.33. The maximum absolute atomic E-state index is 4.39. The van der Waals surface area contributed by atoms with E-state index in [9.17, 15) is 0 Å². The van der Waals surface area contributed by atoms with Gasteiger partial charge in [-0.25, -0.2) is 0 Å². The van der Waals surface area contributed by atoms with Crippen LogP contribution in [0.25, 0.3) is 0 Å². The Hall–Kier alpha value is -1.09. The first-order valence-electron chi connectivity index (χ1n) is 6.65. The molecule has 1 N–H and O–H groups in total. The van der Waals surface area contributed by atoms with Crippen LogP contribution in [0.15, 0.2) is 18.3 Å². The maximum Gasteiger partial charge on any atom is 0.0562 e. The van der Waals surface area contributed by atoms with Crippen LogP contribution in [0, 0.1) is 0 Å². The van der Waals surface area contributed by atoms with Gasteiger partial charge in [0.05, 0.1) is 5.69 Å². The van der Waals surface area contributed by atoms with Crippen LogP contribution in [-0.2, 0) is 6.54 Å². The summed E-state index contributed by atoms with van der Waals surface area (Å²) in [5.74, 6) is 0. The van der Waals surface area contributed by atoms with Gasteiger partial charge in [-0.1, -0.05) is 13.8 Å². The highest BCUT2D eigenvalue weighted by atomic mass is 15.1. The summed E-state index contributed by atoms with van der Waals surface area (Å²) >= 11 is 0. The molecule has 0 aliphatic heterocycles. The van der Waals surface area contributed by atoms with Crippen molar-refractivity contribution < 1.29 is 0 Å². The Kier molecular flexibility index (Phi) is 5.98. The van der Waals surface area contributed by atoms with Crippen molar-refractivity contribution in [2.75, 3.05) is 18.0 Å². The van der Waals surface area contributed by atoms with E-state index < -0.39 is 0 Å². The lowest BCUT2D eigenvalue weighted by Gasteiger charge is -2.29. The molecule has 0 spiro atoms. The molecule has 0 fully saturated rings. The predicted octanol–water partition coefficient (Wildman–Crippen LogP) is 2.82. The van der Waals surface area contributed by atoms with Crippen molar-refractivity contribution in [2.45, 2.75) is 46.7 Å². The van der Waals surface area contributed by atoms with Crippen LogP contribution >= 0.6 is 0 Å². The summed E-state index contributed by atoms with van der Waals surface area (Å²) in [5, 5.41) is 3.31. The van der Waals surface area contributed by atoms with Crippen molar-refractivity contribution in [3.05, 3.63) is 24.0 Å². The average molecular weight is 235 g/mol. The Morgan fingerprint density at radius 3 is 2.71 bits per heavy atom. The highest BCUT2D eigenvalue weighted by molar-refractivity contribution is 5.47. The topological polar surface area (TPSA) is 28.2 Å². The molecule has 1 aromatic rings. The minimum Gasteiger partial charge on any atom is -0.369 e. The van der Waals surface area contributed by atoms with E-state index in [1.165, 1.54) is 12.1 Å². The molecule has 3 nitrogen and oxygen atoms in total. The zero-order chi connectivity index (χ0) is 12.7. The molecule has 0 aromatic carbocycles. The van der Waals surface area contributed by atoms with Gasteiger partial charge in [0.15, 0.2) is 0 Å². The number of rotatable bonds is 7. The summed E-state index contributed by atoms with van der Waals surface area (Å²) in [6.45, 7) is 11.7. The van der Waals surface area contributed by atoms with Gasteiger partial charge in [0.1, 0.15) is 0 Å². The zero-order valence-corrected chi connectivity index (χ0v) is 11.5. The van der Waals surface area contributed by atoms with E-state index in [0.717, 1.165) is 25.3 Å². The van der Waals surface area contributed by atoms with Crippen molar-refractivity contribution in [3.8, 4) is 0 Å². The molecule has 96 valence electrons. The van der Waals surface area contributed by atoms with Crippen molar-refractivity contribution in [2.24, 2.45) is 0 Å². The first-order chi connectivity index (χ1) is 8.22. The number of anilines is 1. The fraction of sp³-hybridized carbons (Fsp3) is 0.643. The van der Waals surface area contributed by atoms with Gasteiger partial charge in [-0.05, 0) is 38.9 Å². The molecule has 3 heteroatoms.